The van der Waals surface area contributed by atoms with Gasteiger partial charge in [0.25, 0.3) is 0 Å². The zero-order valence-electron chi connectivity index (χ0n) is 11.2. The SMILES string of the molecule is CCN(C(=O)Nc1cc(Br)ccc1F)C(C)CC(=O)O. The predicted molar refractivity (Wildman–Crippen MR) is 77.2 cm³/mol. The molecule has 0 aromatic heterocycles. The zero-order chi connectivity index (χ0) is 15.3. The van der Waals surface area contributed by atoms with Gasteiger partial charge in [-0.3, -0.25) is 4.79 Å². The van der Waals surface area contributed by atoms with E-state index in [0.29, 0.717) is 11.0 Å². The number of nitrogens with one attached hydrogen (secondary N) is 1. The Morgan fingerprint density at radius 3 is 2.70 bits per heavy atom. The number of carbonyl (C=O) groups excluding carboxylic acids is 1. The van der Waals surface area contributed by atoms with Crippen LogP contribution in [0.3, 0.4) is 0 Å². The minimum absolute atomic E-state index is 0.0466. The topological polar surface area (TPSA) is 69.6 Å². The highest BCUT2D eigenvalue weighted by molar-refractivity contribution is 9.10. The molecule has 2 N–H and O–H groups in total. The summed E-state index contributed by atoms with van der Waals surface area (Å²) >= 11 is 3.19. The number of amides is 2. The molecule has 0 saturated carbocycles. The summed E-state index contributed by atoms with van der Waals surface area (Å²) in [4.78, 5) is 24.1. The van der Waals surface area contributed by atoms with E-state index in [0.717, 1.165) is 0 Å². The van der Waals surface area contributed by atoms with Crippen LogP contribution in [0.5, 0.6) is 0 Å². The van der Waals surface area contributed by atoms with Gasteiger partial charge in [0.15, 0.2) is 0 Å². The fourth-order valence-corrected chi connectivity index (χ4v) is 2.16. The van der Waals surface area contributed by atoms with Crippen molar-refractivity contribution in [2.75, 3.05) is 11.9 Å². The van der Waals surface area contributed by atoms with Crippen molar-refractivity contribution in [2.45, 2.75) is 26.3 Å². The highest BCUT2D eigenvalue weighted by atomic mass is 79.9. The smallest absolute Gasteiger partial charge is 0.322 e. The van der Waals surface area contributed by atoms with Gasteiger partial charge in [0.05, 0.1) is 12.1 Å². The molecule has 1 rings (SSSR count). The Morgan fingerprint density at radius 2 is 2.15 bits per heavy atom. The van der Waals surface area contributed by atoms with Crippen molar-refractivity contribution in [3.05, 3.63) is 28.5 Å². The number of carboxylic acid groups (broad SMARTS) is 1. The number of hydrogen-bond donors (Lipinski definition) is 2. The molecule has 0 bridgehead atoms. The number of halogens is 2. The molecule has 110 valence electrons. The molecule has 0 radical (unpaired) electrons. The van der Waals surface area contributed by atoms with Crippen LogP contribution in [-0.4, -0.2) is 34.6 Å². The molecule has 0 aliphatic rings. The molecule has 0 saturated heterocycles. The molecule has 1 unspecified atom stereocenters. The van der Waals surface area contributed by atoms with Gasteiger partial charge in [0.2, 0.25) is 0 Å². The number of nitrogens with zero attached hydrogens (tertiary/aromatic N) is 1. The third-order valence-corrected chi connectivity index (χ3v) is 3.27. The van der Waals surface area contributed by atoms with E-state index in [1.54, 1.807) is 13.8 Å². The number of carbonyl (C=O) groups is 2. The molecule has 1 aromatic carbocycles. The number of aliphatic carboxylic acids is 1. The van der Waals surface area contributed by atoms with Gasteiger partial charge in [-0.25, -0.2) is 9.18 Å². The lowest BCUT2D eigenvalue weighted by Crippen LogP contribution is -2.42. The fraction of sp³-hybridized carbons (Fsp3) is 0.385. The first kappa shape index (κ1) is 16.4. The Balaban J connectivity index is 2.82. The van der Waals surface area contributed by atoms with Gasteiger partial charge in [-0.05, 0) is 32.0 Å². The number of rotatable bonds is 5. The van der Waals surface area contributed by atoms with E-state index >= 15 is 0 Å². The van der Waals surface area contributed by atoms with Crippen LogP contribution >= 0.6 is 15.9 Å². The molecule has 7 heteroatoms. The molecular weight excluding hydrogens is 331 g/mol. The van der Waals surface area contributed by atoms with Crippen LogP contribution in [0.4, 0.5) is 14.9 Å². The summed E-state index contributed by atoms with van der Waals surface area (Å²) in [5, 5.41) is 11.2. The average molecular weight is 347 g/mol. The standard InChI is InChI=1S/C13H16BrFN2O3/c1-3-17(8(2)6-12(18)19)13(20)16-11-7-9(14)4-5-10(11)15/h4-5,7-8H,3,6H2,1-2H3,(H,16,20)(H,18,19). The molecule has 2 amide bonds. The second kappa shape index (κ2) is 7.23. The maximum Gasteiger partial charge on any atom is 0.322 e. The molecule has 0 fully saturated rings. The van der Waals surface area contributed by atoms with Crippen LogP contribution < -0.4 is 5.32 Å². The number of anilines is 1. The molecule has 0 aliphatic carbocycles. The van der Waals surface area contributed by atoms with Gasteiger partial charge in [-0.1, -0.05) is 15.9 Å². The van der Waals surface area contributed by atoms with E-state index in [9.17, 15) is 14.0 Å². The Kier molecular flexibility index (Phi) is 5.94. The zero-order valence-corrected chi connectivity index (χ0v) is 12.8. The minimum atomic E-state index is -0.989. The lowest BCUT2D eigenvalue weighted by atomic mass is 10.2. The first-order valence-corrected chi connectivity index (χ1v) is 6.89. The van der Waals surface area contributed by atoms with Gasteiger partial charge in [-0.2, -0.15) is 0 Å². The van der Waals surface area contributed by atoms with Crippen LogP contribution in [0.25, 0.3) is 0 Å². The van der Waals surface area contributed by atoms with E-state index in [-0.39, 0.29) is 12.1 Å². The molecule has 20 heavy (non-hydrogen) atoms. The lowest BCUT2D eigenvalue weighted by molar-refractivity contribution is -0.137. The molecule has 0 spiro atoms. The first-order chi connectivity index (χ1) is 9.35. The predicted octanol–water partition coefficient (Wildman–Crippen LogP) is 3.31. The monoisotopic (exact) mass is 346 g/mol. The summed E-state index contributed by atoms with van der Waals surface area (Å²) < 4.78 is 14.2. The van der Waals surface area contributed by atoms with Crippen molar-refractivity contribution < 1.29 is 19.1 Å². The number of benzene rings is 1. The van der Waals surface area contributed by atoms with Gasteiger partial charge in [0.1, 0.15) is 5.82 Å². The number of urea groups is 1. The third-order valence-electron chi connectivity index (χ3n) is 2.77. The summed E-state index contributed by atoms with van der Waals surface area (Å²) in [5.41, 5.74) is 0.0466. The highest BCUT2D eigenvalue weighted by Gasteiger charge is 2.21. The molecule has 5 nitrogen and oxygen atoms in total. The van der Waals surface area contributed by atoms with Crippen molar-refractivity contribution in [3.63, 3.8) is 0 Å². The number of carboxylic acids is 1. The summed E-state index contributed by atoms with van der Waals surface area (Å²) in [6.45, 7) is 3.69. The molecule has 1 atom stereocenters. The Labute approximate surface area is 124 Å². The Morgan fingerprint density at radius 1 is 1.50 bits per heavy atom. The van der Waals surface area contributed by atoms with Crippen molar-refractivity contribution in [1.29, 1.82) is 0 Å². The van der Waals surface area contributed by atoms with E-state index in [1.807, 2.05) is 0 Å². The van der Waals surface area contributed by atoms with Crippen molar-refractivity contribution >= 4 is 33.6 Å². The molecule has 1 aromatic rings. The van der Waals surface area contributed by atoms with Crippen LogP contribution in [-0.2, 0) is 4.79 Å². The van der Waals surface area contributed by atoms with Crippen LogP contribution in [0.15, 0.2) is 22.7 Å². The van der Waals surface area contributed by atoms with Crippen molar-refractivity contribution in [3.8, 4) is 0 Å². The number of hydrogen-bond acceptors (Lipinski definition) is 2. The first-order valence-electron chi connectivity index (χ1n) is 6.09. The normalized spacial score (nSPS) is 11.8. The van der Waals surface area contributed by atoms with E-state index < -0.39 is 23.9 Å². The lowest BCUT2D eigenvalue weighted by Gasteiger charge is -2.27. The van der Waals surface area contributed by atoms with E-state index in [4.69, 9.17) is 5.11 Å². The second-order valence-electron chi connectivity index (χ2n) is 4.29. The summed E-state index contributed by atoms with van der Waals surface area (Å²) in [7, 11) is 0. The van der Waals surface area contributed by atoms with Crippen molar-refractivity contribution in [2.24, 2.45) is 0 Å². The largest absolute Gasteiger partial charge is 0.481 e. The molecule has 0 aliphatic heterocycles. The maximum atomic E-state index is 13.6. The minimum Gasteiger partial charge on any atom is -0.481 e. The van der Waals surface area contributed by atoms with Crippen LogP contribution in [0.1, 0.15) is 20.3 Å². The molecule has 0 heterocycles. The van der Waals surface area contributed by atoms with E-state index in [2.05, 4.69) is 21.2 Å². The van der Waals surface area contributed by atoms with E-state index in [1.165, 1.54) is 23.1 Å². The van der Waals surface area contributed by atoms with Crippen molar-refractivity contribution in [1.82, 2.24) is 4.90 Å². The van der Waals surface area contributed by atoms with Gasteiger partial charge >= 0.3 is 12.0 Å². The average Bonchev–Trinajstić information content (AvgIpc) is 2.33. The summed E-state index contributed by atoms with van der Waals surface area (Å²) in [6.07, 6.45) is -0.164. The van der Waals surface area contributed by atoms with Gasteiger partial charge < -0.3 is 15.3 Å². The van der Waals surface area contributed by atoms with Crippen LogP contribution in [0.2, 0.25) is 0 Å². The summed E-state index contributed by atoms with van der Waals surface area (Å²) in [5.74, 6) is -1.54. The quantitative estimate of drug-likeness (QED) is 0.859. The second-order valence-corrected chi connectivity index (χ2v) is 5.20. The van der Waals surface area contributed by atoms with Crippen LogP contribution in [0, 0.1) is 5.82 Å². The third kappa shape index (κ3) is 4.48. The Bertz CT molecular complexity index is 510. The van der Waals surface area contributed by atoms with Gasteiger partial charge in [-0.15, -0.1) is 0 Å². The fourth-order valence-electron chi connectivity index (χ4n) is 1.80. The highest BCUT2D eigenvalue weighted by Crippen LogP contribution is 2.20. The maximum absolute atomic E-state index is 13.6. The van der Waals surface area contributed by atoms with Gasteiger partial charge in [0, 0.05) is 17.1 Å². The Hall–Kier alpha value is -1.63. The molecular formula is C13H16BrFN2O3. The summed E-state index contributed by atoms with van der Waals surface area (Å²) in [6, 6.07) is 3.20.